The molecule has 0 aliphatic carbocycles. The van der Waals surface area contributed by atoms with Gasteiger partial charge in [0.05, 0.1) is 5.02 Å². The highest BCUT2D eigenvalue weighted by molar-refractivity contribution is 6.30. The minimum absolute atomic E-state index is 0.0133. The Bertz CT molecular complexity index is 574. The van der Waals surface area contributed by atoms with Gasteiger partial charge in [-0.25, -0.2) is 4.39 Å². The normalized spacial score (nSPS) is 14.4. The van der Waals surface area contributed by atoms with Gasteiger partial charge in [-0.1, -0.05) is 23.7 Å². The van der Waals surface area contributed by atoms with Gasteiger partial charge >= 0.3 is 0 Å². The number of furan rings is 1. The third kappa shape index (κ3) is 2.92. The Morgan fingerprint density at radius 2 is 2.00 bits per heavy atom. The van der Waals surface area contributed by atoms with E-state index in [0.717, 1.165) is 0 Å². The van der Waals surface area contributed by atoms with Gasteiger partial charge in [0.25, 0.3) is 0 Å². The smallest absolute Gasteiger partial charge is 0.193 e. The molecule has 3 N–H and O–H groups in total. The number of hydrogen-bond acceptors (Lipinski definition) is 3. The summed E-state index contributed by atoms with van der Waals surface area (Å²) in [7, 11) is 0. The van der Waals surface area contributed by atoms with Crippen molar-refractivity contribution < 1.29 is 13.9 Å². The number of aliphatic hydroxyl groups is 1. The summed E-state index contributed by atoms with van der Waals surface area (Å²) in [5, 5.41) is 10.4. The predicted molar refractivity (Wildman–Crippen MR) is 71.9 cm³/mol. The van der Waals surface area contributed by atoms with Crippen LogP contribution in [0.3, 0.4) is 0 Å². The van der Waals surface area contributed by atoms with E-state index in [9.17, 15) is 9.50 Å². The van der Waals surface area contributed by atoms with Crippen LogP contribution in [0.4, 0.5) is 4.39 Å². The third-order valence-corrected chi connectivity index (χ3v) is 3.40. The van der Waals surface area contributed by atoms with Gasteiger partial charge in [-0.3, -0.25) is 0 Å². The van der Waals surface area contributed by atoms with Crippen LogP contribution in [0, 0.1) is 5.82 Å². The Hall–Kier alpha value is -1.07. The molecular formula is C13H12Cl2FNO2. The van der Waals surface area contributed by atoms with E-state index in [0.29, 0.717) is 0 Å². The molecule has 0 radical (unpaired) electrons. The first-order chi connectivity index (χ1) is 9.04. The lowest BCUT2D eigenvalue weighted by atomic mass is 9.91. The fraction of sp³-hybridized carbons (Fsp3) is 0.231. The van der Waals surface area contributed by atoms with Gasteiger partial charge in [0.15, 0.2) is 5.22 Å². The summed E-state index contributed by atoms with van der Waals surface area (Å²) < 4.78 is 19.1. The number of nitrogens with two attached hydrogens (primary N) is 1. The first kappa shape index (κ1) is 14.3. The molecule has 2 aromatic rings. The molecule has 0 bridgehead atoms. The molecule has 3 nitrogen and oxygen atoms in total. The van der Waals surface area contributed by atoms with Gasteiger partial charge in [0, 0.05) is 12.5 Å². The quantitative estimate of drug-likeness (QED) is 0.909. The second kappa shape index (κ2) is 5.92. The summed E-state index contributed by atoms with van der Waals surface area (Å²) in [5.41, 5.74) is 5.87. The van der Waals surface area contributed by atoms with Crippen molar-refractivity contribution in [3.05, 3.63) is 57.7 Å². The molecule has 2 rings (SSSR count). The highest BCUT2D eigenvalue weighted by Gasteiger charge is 2.27. The molecule has 0 amide bonds. The Balaban J connectivity index is 2.36. The highest BCUT2D eigenvalue weighted by Crippen LogP contribution is 2.34. The lowest BCUT2D eigenvalue weighted by Crippen LogP contribution is -2.21. The van der Waals surface area contributed by atoms with Crippen molar-refractivity contribution in [2.24, 2.45) is 5.73 Å². The van der Waals surface area contributed by atoms with Crippen molar-refractivity contribution in [2.45, 2.75) is 12.0 Å². The van der Waals surface area contributed by atoms with Gasteiger partial charge in [-0.15, -0.1) is 0 Å². The SMILES string of the molecule is NCC(c1cccc(Cl)c1F)C(O)c1ccc(Cl)o1. The molecule has 0 fully saturated rings. The maximum absolute atomic E-state index is 14.0. The number of hydrogen-bond donors (Lipinski definition) is 2. The summed E-state index contributed by atoms with van der Waals surface area (Å²) >= 11 is 11.4. The van der Waals surface area contributed by atoms with Crippen LogP contribution in [-0.2, 0) is 0 Å². The highest BCUT2D eigenvalue weighted by atomic mass is 35.5. The van der Waals surface area contributed by atoms with Crippen molar-refractivity contribution in [3.63, 3.8) is 0 Å². The van der Waals surface area contributed by atoms with Crippen molar-refractivity contribution in [2.75, 3.05) is 6.54 Å². The summed E-state index contributed by atoms with van der Waals surface area (Å²) in [5.74, 6) is -1.02. The van der Waals surface area contributed by atoms with Crippen LogP contribution in [0.2, 0.25) is 10.2 Å². The van der Waals surface area contributed by atoms with Gasteiger partial charge in [0.1, 0.15) is 17.7 Å². The zero-order valence-corrected chi connectivity index (χ0v) is 11.3. The van der Waals surface area contributed by atoms with Crippen LogP contribution in [0.25, 0.3) is 0 Å². The molecule has 102 valence electrons. The van der Waals surface area contributed by atoms with E-state index in [1.54, 1.807) is 6.07 Å². The number of benzene rings is 1. The van der Waals surface area contributed by atoms with E-state index in [-0.39, 0.29) is 28.1 Å². The first-order valence-corrected chi connectivity index (χ1v) is 6.37. The van der Waals surface area contributed by atoms with E-state index in [4.69, 9.17) is 33.4 Å². The van der Waals surface area contributed by atoms with Crippen LogP contribution in [-0.4, -0.2) is 11.7 Å². The number of aliphatic hydroxyl groups excluding tert-OH is 1. The van der Waals surface area contributed by atoms with Crippen LogP contribution < -0.4 is 5.73 Å². The van der Waals surface area contributed by atoms with Crippen molar-refractivity contribution >= 4 is 23.2 Å². The third-order valence-electron chi connectivity index (χ3n) is 2.90. The summed E-state index contributed by atoms with van der Waals surface area (Å²) in [6.07, 6.45) is -1.09. The van der Waals surface area contributed by atoms with Crippen LogP contribution in [0.15, 0.2) is 34.7 Å². The second-order valence-corrected chi connectivity index (χ2v) is 4.85. The van der Waals surface area contributed by atoms with E-state index in [1.807, 2.05) is 0 Å². The monoisotopic (exact) mass is 303 g/mol. The molecule has 2 atom stereocenters. The van der Waals surface area contributed by atoms with Gasteiger partial charge in [0.2, 0.25) is 0 Å². The molecule has 0 spiro atoms. The standard InChI is InChI=1S/C13H12Cl2FNO2/c14-9-3-1-2-7(12(9)16)8(6-17)13(18)10-4-5-11(15)19-10/h1-5,8,13,18H,6,17H2. The molecule has 1 aromatic heterocycles. The summed E-state index contributed by atoms with van der Waals surface area (Å²) in [4.78, 5) is 0. The van der Waals surface area contributed by atoms with Gasteiger partial charge in [-0.05, 0) is 35.4 Å². The lowest BCUT2D eigenvalue weighted by molar-refractivity contribution is 0.120. The molecule has 0 aliphatic heterocycles. The summed E-state index contributed by atoms with van der Waals surface area (Å²) in [6, 6.07) is 7.60. The van der Waals surface area contributed by atoms with Crippen molar-refractivity contribution in [1.82, 2.24) is 0 Å². The predicted octanol–water partition coefficient (Wildman–Crippen LogP) is 3.50. The molecule has 1 aromatic carbocycles. The largest absolute Gasteiger partial charge is 0.447 e. The first-order valence-electron chi connectivity index (χ1n) is 5.62. The number of halogens is 3. The average Bonchev–Trinajstić information content (AvgIpc) is 2.82. The Kier molecular flexibility index (Phi) is 4.47. The van der Waals surface area contributed by atoms with Crippen LogP contribution in [0.1, 0.15) is 23.3 Å². The van der Waals surface area contributed by atoms with Crippen LogP contribution in [0.5, 0.6) is 0 Å². The van der Waals surface area contributed by atoms with Crippen LogP contribution >= 0.6 is 23.2 Å². The molecule has 19 heavy (non-hydrogen) atoms. The van der Waals surface area contributed by atoms with E-state index < -0.39 is 17.8 Å². The van der Waals surface area contributed by atoms with Gasteiger partial charge < -0.3 is 15.3 Å². The zero-order valence-electron chi connectivity index (χ0n) is 9.82. The average molecular weight is 304 g/mol. The van der Waals surface area contributed by atoms with Crippen molar-refractivity contribution in [1.29, 1.82) is 0 Å². The minimum atomic E-state index is -1.09. The molecular weight excluding hydrogens is 292 g/mol. The molecule has 0 saturated carbocycles. The van der Waals surface area contributed by atoms with E-state index in [1.165, 1.54) is 24.3 Å². The fourth-order valence-electron chi connectivity index (χ4n) is 1.92. The topological polar surface area (TPSA) is 59.4 Å². The maximum atomic E-state index is 14.0. The lowest BCUT2D eigenvalue weighted by Gasteiger charge is -2.21. The van der Waals surface area contributed by atoms with E-state index >= 15 is 0 Å². The fourth-order valence-corrected chi connectivity index (χ4v) is 2.25. The van der Waals surface area contributed by atoms with Crippen molar-refractivity contribution in [3.8, 4) is 0 Å². The van der Waals surface area contributed by atoms with Gasteiger partial charge in [-0.2, -0.15) is 0 Å². The maximum Gasteiger partial charge on any atom is 0.193 e. The second-order valence-electron chi connectivity index (χ2n) is 4.07. The Morgan fingerprint density at radius 3 is 2.58 bits per heavy atom. The Morgan fingerprint density at radius 1 is 1.26 bits per heavy atom. The zero-order chi connectivity index (χ0) is 14.0. The molecule has 0 aliphatic rings. The van der Waals surface area contributed by atoms with E-state index in [2.05, 4.69) is 0 Å². The molecule has 2 unspecified atom stereocenters. The molecule has 1 heterocycles. The molecule has 6 heteroatoms. The summed E-state index contributed by atoms with van der Waals surface area (Å²) in [6.45, 7) is 0.0384. The molecule has 0 saturated heterocycles. The Labute approximate surface area is 119 Å². The number of rotatable bonds is 4. The minimum Gasteiger partial charge on any atom is -0.447 e.